The number of primary amides is 1. The van der Waals surface area contributed by atoms with Crippen molar-refractivity contribution in [2.75, 3.05) is 24.7 Å². The second-order valence-corrected chi connectivity index (χ2v) is 5.29. The van der Waals surface area contributed by atoms with Crippen LogP contribution in [0.3, 0.4) is 0 Å². The molecule has 0 spiro atoms. The van der Waals surface area contributed by atoms with Crippen LogP contribution in [0.1, 0.15) is 25.7 Å². The van der Waals surface area contributed by atoms with Gasteiger partial charge in [-0.15, -0.1) is 0 Å². The van der Waals surface area contributed by atoms with E-state index >= 15 is 0 Å². The van der Waals surface area contributed by atoms with Gasteiger partial charge in [0.15, 0.2) is 0 Å². The molecule has 0 aliphatic carbocycles. The van der Waals surface area contributed by atoms with Gasteiger partial charge in [0.05, 0.1) is 18.4 Å². The van der Waals surface area contributed by atoms with Crippen LogP contribution < -0.4 is 5.73 Å². The van der Waals surface area contributed by atoms with Crippen molar-refractivity contribution in [3.05, 3.63) is 0 Å². The Morgan fingerprint density at radius 3 is 2.82 bits per heavy atom. The fourth-order valence-electron chi connectivity index (χ4n) is 1.99. The van der Waals surface area contributed by atoms with Gasteiger partial charge in [-0.2, -0.15) is 11.8 Å². The average molecular weight is 260 g/mol. The highest BCUT2D eigenvalue weighted by molar-refractivity contribution is 7.99. The Balaban J connectivity index is 2.27. The Kier molecular flexibility index (Phi) is 6.36. The number of aliphatic hydroxyl groups excluding tert-OH is 1. The molecule has 17 heavy (non-hydrogen) atoms. The van der Waals surface area contributed by atoms with Gasteiger partial charge in [0, 0.05) is 18.7 Å². The minimum absolute atomic E-state index is 0.0163. The summed E-state index contributed by atoms with van der Waals surface area (Å²) in [6.07, 6.45) is 3.38. The molecule has 1 rings (SSSR count). The first-order valence-corrected chi connectivity index (χ1v) is 7.07. The molecule has 0 radical (unpaired) electrons. The fraction of sp³-hybridized carbons (Fsp3) is 0.818. The van der Waals surface area contributed by atoms with E-state index in [0.717, 1.165) is 25.8 Å². The smallest absolute Gasteiger partial charge is 0.227 e. The van der Waals surface area contributed by atoms with Crippen LogP contribution in [-0.4, -0.2) is 52.5 Å². The molecule has 0 aromatic heterocycles. The average Bonchev–Trinajstić information content (AvgIpc) is 2.34. The zero-order chi connectivity index (χ0) is 12.7. The van der Waals surface area contributed by atoms with Gasteiger partial charge in [0.1, 0.15) is 0 Å². The second-order valence-electron chi connectivity index (χ2n) is 4.19. The number of aliphatic hydroxyl groups is 1. The Labute approximate surface area is 106 Å². The standard InChI is InChI=1S/C11H20N2O3S/c12-10(15)8-17-6-4-11(16)13-5-2-1-3-9(13)7-14/h9,14H,1-8H2,(H2,12,15). The summed E-state index contributed by atoms with van der Waals surface area (Å²) in [6, 6.07) is -0.0163. The van der Waals surface area contributed by atoms with Gasteiger partial charge < -0.3 is 15.7 Å². The number of thioether (sulfide) groups is 1. The number of carbonyl (C=O) groups is 2. The van der Waals surface area contributed by atoms with Crippen LogP contribution >= 0.6 is 11.8 Å². The summed E-state index contributed by atoms with van der Waals surface area (Å²) in [6.45, 7) is 0.782. The Morgan fingerprint density at radius 2 is 2.18 bits per heavy atom. The van der Waals surface area contributed by atoms with E-state index in [1.165, 1.54) is 11.8 Å². The molecule has 0 bridgehead atoms. The third-order valence-electron chi connectivity index (χ3n) is 2.86. The normalized spacial score (nSPS) is 20.3. The monoisotopic (exact) mass is 260 g/mol. The molecule has 6 heteroatoms. The molecule has 98 valence electrons. The summed E-state index contributed by atoms with van der Waals surface area (Å²) in [5, 5.41) is 9.19. The molecule has 1 heterocycles. The lowest BCUT2D eigenvalue weighted by Gasteiger charge is -2.34. The number of likely N-dealkylation sites (tertiary alicyclic amines) is 1. The van der Waals surface area contributed by atoms with Crippen molar-refractivity contribution >= 4 is 23.6 Å². The summed E-state index contributed by atoms with van der Waals surface area (Å²) < 4.78 is 0. The number of piperidine rings is 1. The predicted octanol–water partition coefficient (Wildman–Crippen LogP) is -0.0316. The van der Waals surface area contributed by atoms with E-state index in [0.29, 0.717) is 12.2 Å². The van der Waals surface area contributed by atoms with Crippen molar-refractivity contribution in [2.45, 2.75) is 31.7 Å². The van der Waals surface area contributed by atoms with Crippen molar-refractivity contribution in [3.63, 3.8) is 0 Å². The summed E-state index contributed by atoms with van der Waals surface area (Å²) in [5.74, 6) is 0.585. The zero-order valence-electron chi connectivity index (χ0n) is 9.93. The summed E-state index contributed by atoms with van der Waals surface area (Å²) in [4.78, 5) is 24.2. The number of nitrogens with two attached hydrogens (primary N) is 1. The van der Waals surface area contributed by atoms with Crippen LogP contribution in [0.4, 0.5) is 0 Å². The molecule has 0 aromatic carbocycles. The van der Waals surface area contributed by atoms with Gasteiger partial charge in [-0.25, -0.2) is 0 Å². The highest BCUT2D eigenvalue weighted by atomic mass is 32.2. The van der Waals surface area contributed by atoms with Crippen molar-refractivity contribution < 1.29 is 14.7 Å². The topological polar surface area (TPSA) is 83.6 Å². The first-order chi connectivity index (χ1) is 8.15. The van der Waals surface area contributed by atoms with Gasteiger partial charge in [0.25, 0.3) is 0 Å². The fourth-order valence-corrected chi connectivity index (χ4v) is 2.66. The molecular weight excluding hydrogens is 240 g/mol. The van der Waals surface area contributed by atoms with E-state index in [-0.39, 0.29) is 30.2 Å². The highest BCUT2D eigenvalue weighted by Gasteiger charge is 2.25. The quantitative estimate of drug-likeness (QED) is 0.657. The van der Waals surface area contributed by atoms with E-state index in [2.05, 4.69) is 0 Å². The third-order valence-corrected chi connectivity index (χ3v) is 3.84. The maximum Gasteiger partial charge on any atom is 0.227 e. The van der Waals surface area contributed by atoms with Crippen molar-refractivity contribution in [2.24, 2.45) is 5.73 Å². The first-order valence-electron chi connectivity index (χ1n) is 5.91. The van der Waals surface area contributed by atoms with E-state index < -0.39 is 0 Å². The molecule has 1 aliphatic heterocycles. The number of nitrogens with zero attached hydrogens (tertiary/aromatic N) is 1. The largest absolute Gasteiger partial charge is 0.394 e. The molecule has 0 aromatic rings. The van der Waals surface area contributed by atoms with E-state index in [9.17, 15) is 14.7 Å². The summed E-state index contributed by atoms with van der Waals surface area (Å²) >= 11 is 1.38. The summed E-state index contributed by atoms with van der Waals surface area (Å²) in [7, 11) is 0. The minimum Gasteiger partial charge on any atom is -0.394 e. The van der Waals surface area contributed by atoms with E-state index in [1.54, 1.807) is 4.90 Å². The first kappa shape index (κ1) is 14.3. The Hall–Kier alpha value is -0.750. The molecule has 0 saturated carbocycles. The van der Waals surface area contributed by atoms with Crippen molar-refractivity contribution in [1.82, 2.24) is 4.90 Å². The maximum absolute atomic E-state index is 11.9. The van der Waals surface area contributed by atoms with Crippen LogP contribution in [-0.2, 0) is 9.59 Å². The van der Waals surface area contributed by atoms with Crippen LogP contribution in [0.5, 0.6) is 0 Å². The van der Waals surface area contributed by atoms with Gasteiger partial charge >= 0.3 is 0 Å². The number of rotatable bonds is 6. The SMILES string of the molecule is NC(=O)CSCCC(=O)N1CCCCC1CO. The van der Waals surface area contributed by atoms with Gasteiger partial charge in [0.2, 0.25) is 11.8 Å². The van der Waals surface area contributed by atoms with Gasteiger partial charge in [-0.1, -0.05) is 0 Å². The maximum atomic E-state index is 11.9. The molecule has 1 fully saturated rings. The number of hydrogen-bond donors (Lipinski definition) is 2. The lowest BCUT2D eigenvalue weighted by Crippen LogP contribution is -2.45. The minimum atomic E-state index is -0.353. The molecule has 1 atom stereocenters. The molecule has 1 unspecified atom stereocenters. The molecule has 2 amide bonds. The van der Waals surface area contributed by atoms with Crippen molar-refractivity contribution in [3.8, 4) is 0 Å². The van der Waals surface area contributed by atoms with Gasteiger partial charge in [-0.05, 0) is 19.3 Å². The van der Waals surface area contributed by atoms with E-state index in [4.69, 9.17) is 5.73 Å². The molecular formula is C11H20N2O3S. The predicted molar refractivity (Wildman–Crippen MR) is 67.6 cm³/mol. The molecule has 5 nitrogen and oxygen atoms in total. The lowest BCUT2D eigenvalue weighted by atomic mass is 10.0. The highest BCUT2D eigenvalue weighted by Crippen LogP contribution is 2.18. The number of amides is 2. The Morgan fingerprint density at radius 1 is 1.41 bits per heavy atom. The second kappa shape index (κ2) is 7.55. The zero-order valence-corrected chi connectivity index (χ0v) is 10.7. The number of carbonyl (C=O) groups excluding carboxylic acids is 2. The van der Waals surface area contributed by atoms with Crippen LogP contribution in [0, 0.1) is 0 Å². The van der Waals surface area contributed by atoms with E-state index in [1.807, 2.05) is 0 Å². The Bertz CT molecular complexity index is 273. The number of hydrogen-bond acceptors (Lipinski definition) is 4. The van der Waals surface area contributed by atoms with Crippen molar-refractivity contribution in [1.29, 1.82) is 0 Å². The molecule has 1 aliphatic rings. The van der Waals surface area contributed by atoms with Crippen LogP contribution in [0.15, 0.2) is 0 Å². The summed E-state index contributed by atoms with van der Waals surface area (Å²) in [5.41, 5.74) is 5.01. The van der Waals surface area contributed by atoms with Crippen LogP contribution in [0.25, 0.3) is 0 Å². The van der Waals surface area contributed by atoms with Crippen LogP contribution in [0.2, 0.25) is 0 Å². The molecule has 3 N–H and O–H groups in total. The third kappa shape index (κ3) is 4.95. The molecule has 1 saturated heterocycles. The lowest BCUT2D eigenvalue weighted by molar-refractivity contribution is -0.135. The van der Waals surface area contributed by atoms with Gasteiger partial charge in [-0.3, -0.25) is 9.59 Å².